The van der Waals surface area contributed by atoms with Crippen LogP contribution >= 0.6 is 11.6 Å². The lowest BCUT2D eigenvalue weighted by molar-refractivity contribution is -0.117. The van der Waals surface area contributed by atoms with Crippen molar-refractivity contribution in [2.45, 2.75) is 19.4 Å². The van der Waals surface area contributed by atoms with Crippen molar-refractivity contribution in [2.24, 2.45) is 0 Å². The first-order valence-corrected chi connectivity index (χ1v) is 6.26. The number of hydrogen-bond acceptors (Lipinski definition) is 4. The zero-order valence-electron chi connectivity index (χ0n) is 10.2. The molecule has 2 heterocycles. The fourth-order valence-corrected chi connectivity index (χ4v) is 2.09. The summed E-state index contributed by atoms with van der Waals surface area (Å²) < 4.78 is 5.30. The van der Waals surface area contributed by atoms with E-state index in [2.05, 4.69) is 15.6 Å². The van der Waals surface area contributed by atoms with Crippen LogP contribution in [-0.2, 0) is 9.53 Å². The van der Waals surface area contributed by atoms with E-state index < -0.39 is 0 Å². The molecule has 1 aliphatic heterocycles. The van der Waals surface area contributed by atoms with Gasteiger partial charge >= 0.3 is 0 Å². The molecule has 1 aromatic rings. The Labute approximate surface area is 111 Å². The summed E-state index contributed by atoms with van der Waals surface area (Å²) in [6, 6.07) is 1.87. The van der Waals surface area contributed by atoms with Gasteiger partial charge in [-0.05, 0) is 18.6 Å². The molecule has 18 heavy (non-hydrogen) atoms. The summed E-state index contributed by atoms with van der Waals surface area (Å²) in [6.07, 6.45) is 1.98. The first-order valence-electron chi connectivity index (χ1n) is 5.89. The number of hydrogen-bond donors (Lipinski definition) is 2. The summed E-state index contributed by atoms with van der Waals surface area (Å²) in [4.78, 5) is 15.8. The largest absolute Gasteiger partial charge is 0.378 e. The number of halogens is 1. The van der Waals surface area contributed by atoms with Gasteiger partial charge in [0.05, 0.1) is 18.9 Å². The number of amides is 1. The van der Waals surface area contributed by atoms with Crippen molar-refractivity contribution >= 4 is 23.2 Å². The number of aryl methyl sites for hydroxylation is 1. The number of ether oxygens (including phenoxy) is 1. The quantitative estimate of drug-likeness (QED) is 0.814. The molecule has 0 saturated carbocycles. The first-order chi connectivity index (χ1) is 8.66. The van der Waals surface area contributed by atoms with E-state index in [1.165, 1.54) is 0 Å². The van der Waals surface area contributed by atoms with Crippen LogP contribution in [0.5, 0.6) is 0 Å². The van der Waals surface area contributed by atoms with Crippen LogP contribution in [-0.4, -0.2) is 36.7 Å². The minimum Gasteiger partial charge on any atom is -0.378 e. The van der Waals surface area contributed by atoms with Crippen LogP contribution in [0.3, 0.4) is 0 Å². The van der Waals surface area contributed by atoms with E-state index in [0.29, 0.717) is 30.5 Å². The lowest BCUT2D eigenvalue weighted by atomic mass is 10.2. The van der Waals surface area contributed by atoms with Crippen LogP contribution in [0.2, 0.25) is 5.15 Å². The molecule has 1 aromatic heterocycles. The lowest BCUT2D eigenvalue weighted by Crippen LogP contribution is -2.43. The first kappa shape index (κ1) is 13.3. The number of nitrogens with zero attached hydrogens (tertiary/aromatic N) is 1. The zero-order chi connectivity index (χ0) is 13.0. The third-order valence-corrected chi connectivity index (χ3v) is 3.09. The predicted octanol–water partition coefficient (Wildman–Crippen LogP) is 1.36. The highest BCUT2D eigenvalue weighted by atomic mass is 35.5. The van der Waals surface area contributed by atoms with Crippen molar-refractivity contribution in [1.29, 1.82) is 0 Å². The Bertz CT molecular complexity index is 413. The van der Waals surface area contributed by atoms with E-state index in [9.17, 15) is 4.79 Å². The normalized spacial score (nSPS) is 19.6. The lowest BCUT2D eigenvalue weighted by Gasteiger charge is -2.23. The van der Waals surface area contributed by atoms with Crippen molar-refractivity contribution in [3.8, 4) is 0 Å². The van der Waals surface area contributed by atoms with Crippen LogP contribution in [0.1, 0.15) is 12.0 Å². The predicted molar refractivity (Wildman–Crippen MR) is 69.8 cm³/mol. The molecular formula is C12H16ClN3O2. The molecule has 0 radical (unpaired) electrons. The Kier molecular flexibility index (Phi) is 4.52. The summed E-state index contributed by atoms with van der Waals surface area (Å²) in [6.45, 7) is 3.93. The van der Waals surface area contributed by atoms with Gasteiger partial charge in [-0.3, -0.25) is 4.79 Å². The zero-order valence-corrected chi connectivity index (χ0v) is 11.0. The molecule has 1 atom stereocenters. The highest BCUT2D eigenvalue weighted by Crippen LogP contribution is 2.22. The van der Waals surface area contributed by atoms with Crippen LogP contribution in [0.25, 0.3) is 0 Å². The maximum atomic E-state index is 11.9. The topological polar surface area (TPSA) is 63.2 Å². The third-order valence-electron chi connectivity index (χ3n) is 2.81. The molecule has 1 unspecified atom stereocenters. The number of rotatable bonds is 3. The van der Waals surface area contributed by atoms with Gasteiger partial charge in [0.2, 0.25) is 5.91 Å². The minimum atomic E-state index is -0.0870. The van der Waals surface area contributed by atoms with Crippen molar-refractivity contribution in [1.82, 2.24) is 10.3 Å². The van der Waals surface area contributed by atoms with Gasteiger partial charge in [0.25, 0.3) is 0 Å². The highest BCUT2D eigenvalue weighted by molar-refractivity contribution is 6.32. The number of morpholine rings is 1. The average molecular weight is 270 g/mol. The second-order valence-electron chi connectivity index (χ2n) is 4.27. The third kappa shape index (κ3) is 3.41. The number of aromatic nitrogens is 1. The standard InChI is InChI=1S/C12H16ClN3O2/c1-8-2-3-15-12(13)11(8)16-10(17)6-9-7-18-5-4-14-9/h2-3,9,14H,4-7H2,1H3,(H,16,17). The summed E-state index contributed by atoms with van der Waals surface area (Å²) in [5.41, 5.74) is 1.48. The molecule has 2 rings (SSSR count). The van der Waals surface area contributed by atoms with Gasteiger partial charge in [-0.2, -0.15) is 0 Å². The minimum absolute atomic E-state index is 0.0644. The van der Waals surface area contributed by atoms with E-state index in [1.54, 1.807) is 6.20 Å². The molecule has 0 spiro atoms. The number of pyridine rings is 1. The monoisotopic (exact) mass is 269 g/mol. The van der Waals surface area contributed by atoms with Gasteiger partial charge in [0, 0.05) is 25.2 Å². The average Bonchev–Trinajstić information content (AvgIpc) is 2.35. The van der Waals surface area contributed by atoms with E-state index in [0.717, 1.165) is 12.1 Å². The molecule has 0 aromatic carbocycles. The van der Waals surface area contributed by atoms with Crippen molar-refractivity contribution in [2.75, 3.05) is 25.1 Å². The number of carbonyl (C=O) groups excluding carboxylic acids is 1. The summed E-state index contributed by atoms with van der Waals surface area (Å²) >= 11 is 5.95. The van der Waals surface area contributed by atoms with Gasteiger partial charge in [-0.15, -0.1) is 0 Å². The van der Waals surface area contributed by atoms with E-state index in [-0.39, 0.29) is 11.9 Å². The van der Waals surface area contributed by atoms with Crippen LogP contribution in [0.4, 0.5) is 5.69 Å². The summed E-state index contributed by atoms with van der Waals surface area (Å²) in [7, 11) is 0. The van der Waals surface area contributed by atoms with Gasteiger partial charge in [0.1, 0.15) is 0 Å². The van der Waals surface area contributed by atoms with Crippen molar-refractivity contribution < 1.29 is 9.53 Å². The molecule has 1 fully saturated rings. The van der Waals surface area contributed by atoms with Crippen molar-refractivity contribution in [3.05, 3.63) is 23.0 Å². The Hall–Kier alpha value is -1.17. The second kappa shape index (κ2) is 6.13. The molecular weight excluding hydrogens is 254 g/mol. The van der Waals surface area contributed by atoms with Gasteiger partial charge < -0.3 is 15.4 Å². The van der Waals surface area contributed by atoms with E-state index >= 15 is 0 Å². The molecule has 0 aliphatic carbocycles. The summed E-state index contributed by atoms with van der Waals surface area (Å²) in [5, 5.41) is 6.34. The molecule has 2 N–H and O–H groups in total. The van der Waals surface area contributed by atoms with Crippen LogP contribution in [0, 0.1) is 6.92 Å². The van der Waals surface area contributed by atoms with E-state index in [4.69, 9.17) is 16.3 Å². The fourth-order valence-electron chi connectivity index (χ4n) is 1.84. The molecule has 0 bridgehead atoms. The fraction of sp³-hybridized carbons (Fsp3) is 0.500. The molecule has 1 aliphatic rings. The van der Waals surface area contributed by atoms with Crippen LogP contribution in [0.15, 0.2) is 12.3 Å². The maximum absolute atomic E-state index is 11.9. The van der Waals surface area contributed by atoms with Gasteiger partial charge in [-0.25, -0.2) is 4.98 Å². The molecule has 98 valence electrons. The Morgan fingerprint density at radius 3 is 3.22 bits per heavy atom. The molecule has 1 saturated heterocycles. The Morgan fingerprint density at radius 1 is 1.72 bits per heavy atom. The van der Waals surface area contributed by atoms with Crippen molar-refractivity contribution in [3.63, 3.8) is 0 Å². The number of nitrogens with one attached hydrogen (secondary N) is 2. The SMILES string of the molecule is Cc1ccnc(Cl)c1NC(=O)CC1COCCN1. The summed E-state index contributed by atoms with van der Waals surface area (Å²) in [5.74, 6) is -0.0870. The van der Waals surface area contributed by atoms with Crippen LogP contribution < -0.4 is 10.6 Å². The second-order valence-corrected chi connectivity index (χ2v) is 4.63. The highest BCUT2D eigenvalue weighted by Gasteiger charge is 2.18. The smallest absolute Gasteiger partial charge is 0.226 e. The van der Waals surface area contributed by atoms with Gasteiger partial charge in [-0.1, -0.05) is 11.6 Å². The molecule has 6 heteroatoms. The molecule has 5 nitrogen and oxygen atoms in total. The Balaban J connectivity index is 1.94. The van der Waals surface area contributed by atoms with Gasteiger partial charge in [0.15, 0.2) is 5.15 Å². The number of carbonyl (C=O) groups is 1. The Morgan fingerprint density at radius 2 is 2.56 bits per heavy atom. The van der Waals surface area contributed by atoms with E-state index in [1.807, 2.05) is 13.0 Å². The molecule has 1 amide bonds. The number of anilines is 1. The maximum Gasteiger partial charge on any atom is 0.226 e.